The molecule has 0 aromatic carbocycles. The predicted molar refractivity (Wildman–Crippen MR) is 484 cm³/mol. The van der Waals surface area contributed by atoms with Crippen LogP contribution in [0.15, 0.2) is 61.2 Å². The van der Waals surface area contributed by atoms with Crippen molar-refractivity contribution in [2.75, 3.05) is 73.7 Å². The van der Waals surface area contributed by atoms with Gasteiger partial charge < -0.3 is 29.5 Å². The molecule has 0 spiro atoms. The second kappa shape index (κ2) is 42.7. The van der Waals surface area contributed by atoms with Crippen LogP contribution < -0.4 is 57.3 Å². The highest BCUT2D eigenvalue weighted by Gasteiger charge is 2.47. The first kappa shape index (κ1) is 95.3. The Morgan fingerprint density at radius 3 is 1.65 bits per heavy atom. The standard InChI is InChI=1S/2C13H22N3.C13H21N2O.C13H23N2.C12H22N2.C12H20NS.C11H19N2S.C8H20N/c1-10(2)15-9-5-6-13-12(15)7-8-14-16(13)11(3)4;1-10(2)15-8-5-6-12-13(15)7-9-16(14-12)11(3)4;1-10(2)14-8-9-16-13-12(14)6-5-7-15(13)11(3)4;1-9(2)13-11-7-6-8-12(11)15(10(3)4)14(13)5;1-9(2)11-8-14(10(3)4)12-6-5-7-13(11)12;1-8(2)12-13(9(3)4)10-6-5-7-11(10)14-12;1-8(2)12-6-5-10-7-13(9(3)4)14-11(10)12;1-7(2)9(5,6)8(3)4/h5-6,9-11,14H,7-8H2,1-4H3;5-6,8,10-11,14H,7,9H2,1-4H3;5-7,10-11H,8-9H2,1-4H3;9-10H,6-8H2,1-5H3;8-10,12H,5-7H2,1-4H3;8-9H,5-7H2,1-4H3;7-9H,5-6H2,1-4H3;7-8H,1-6H3/q4*+1;+2;3*+1. The molecular formula is C95H169N16OS2+9. The zero-order chi connectivity index (χ0) is 84.8. The summed E-state index contributed by atoms with van der Waals surface area (Å²) >= 11 is 3.96. The molecule has 0 saturated carbocycles. The minimum absolute atomic E-state index is 0.432. The number of hydrogen-bond donors (Lipinski definition) is 2. The molecule has 6 aromatic rings. The molecule has 17 nitrogen and oxygen atoms in total. The van der Waals surface area contributed by atoms with Crippen LogP contribution in [0, 0.1) is 5.92 Å². The Morgan fingerprint density at radius 2 is 1.12 bits per heavy atom. The van der Waals surface area contributed by atoms with Gasteiger partial charge in [0.25, 0.3) is 0 Å². The van der Waals surface area contributed by atoms with Gasteiger partial charge in [-0.2, -0.15) is 32.1 Å². The predicted octanol–water partition coefficient (Wildman–Crippen LogP) is 17.9. The fourth-order valence-corrected chi connectivity index (χ4v) is 20.1. The number of thiazole rings is 1. The topological polar surface area (TPSA) is 80.5 Å². The van der Waals surface area contributed by atoms with Gasteiger partial charge in [0, 0.05) is 111 Å². The molecule has 19 heteroatoms. The summed E-state index contributed by atoms with van der Waals surface area (Å²) in [4.78, 5) is 6.57. The largest absolute Gasteiger partial charge is 0.441 e. The number of nitrogens with zero attached hydrogens (tertiary/aromatic N) is 14. The lowest BCUT2D eigenvalue weighted by Crippen LogP contribution is -2.52. The van der Waals surface area contributed by atoms with Gasteiger partial charge in [-0.15, -0.1) is 8.64 Å². The highest BCUT2D eigenvalue weighted by atomic mass is 32.1. The van der Waals surface area contributed by atoms with E-state index in [0.29, 0.717) is 90.4 Å². The number of hydrogen-bond acceptors (Lipinski definition) is 9. The van der Waals surface area contributed by atoms with E-state index in [4.69, 9.17) is 4.74 Å². The third kappa shape index (κ3) is 23.4. The van der Waals surface area contributed by atoms with Crippen molar-refractivity contribution in [3.63, 3.8) is 0 Å². The van der Waals surface area contributed by atoms with E-state index in [1.165, 1.54) is 110 Å². The van der Waals surface area contributed by atoms with Crippen molar-refractivity contribution in [1.29, 1.82) is 0 Å². The van der Waals surface area contributed by atoms with E-state index < -0.39 is 0 Å². The lowest BCUT2D eigenvalue weighted by molar-refractivity contribution is -0.931. The summed E-state index contributed by atoms with van der Waals surface area (Å²) in [5.74, 6) is 2.99. The fraction of sp³-hybridized carbons (Fsp3) is 0.726. The minimum Gasteiger partial charge on any atom is -0.441 e. The van der Waals surface area contributed by atoms with Gasteiger partial charge >= 0.3 is 12.0 Å². The molecule has 114 heavy (non-hydrogen) atoms. The molecular weight excluding hydrogens is 1450 g/mol. The molecule has 14 rings (SSSR count). The van der Waals surface area contributed by atoms with Gasteiger partial charge in [-0.1, -0.05) is 52.9 Å². The van der Waals surface area contributed by atoms with Crippen LogP contribution in [-0.2, 0) is 52.0 Å². The van der Waals surface area contributed by atoms with Crippen molar-refractivity contribution >= 4 is 56.9 Å². The van der Waals surface area contributed by atoms with E-state index in [0.717, 1.165) is 61.5 Å². The molecule has 0 amide bonds. The number of fused-ring (bicyclic) bond motifs is 7. The zero-order valence-electron chi connectivity index (χ0n) is 79.2. The number of anilines is 4. The monoisotopic (exact) mass is 1610 g/mol. The maximum atomic E-state index is 5.82. The lowest BCUT2D eigenvalue weighted by atomic mass is 10.0. The van der Waals surface area contributed by atoms with Crippen LogP contribution in [0.4, 0.5) is 22.1 Å². The third-order valence-electron chi connectivity index (χ3n) is 24.4. The number of rotatable bonds is 16. The second-order valence-corrected chi connectivity index (χ2v) is 40.4. The smallest absolute Gasteiger partial charge is 0.392 e. The van der Waals surface area contributed by atoms with Crippen molar-refractivity contribution in [2.24, 2.45) is 13.0 Å². The van der Waals surface area contributed by atoms with Crippen molar-refractivity contribution in [3.05, 3.63) is 111 Å². The Kier molecular flexibility index (Phi) is 35.7. The molecule has 0 bridgehead atoms. The SMILES string of the molecule is CC(C)C1=[N+]2CCCC2[N+](C(C)C)=C1.CC(C)N1CCOc2c1ccc[n+]2C(C)C.CC(C)N1CCc2c(ccc[n+]2C(C)C)N1.CC(C)N1CCc2c[n+](C(C)C)sc21.CC(C)N1NCCc2c1ccc[n+]2C(C)C.CC(C)[N+](C)(C)C(C)C.CC(C)c1c2c(n(C(C)C)[n+]1C)CCC2.CC(C)c1sc2c([n+]1C(C)C)CCC2. The van der Waals surface area contributed by atoms with E-state index in [1.807, 2.05) is 22.9 Å². The van der Waals surface area contributed by atoms with Crippen molar-refractivity contribution in [1.82, 2.24) is 15.1 Å². The molecule has 8 aliphatic rings. The van der Waals surface area contributed by atoms with E-state index >= 15 is 0 Å². The highest BCUT2D eigenvalue weighted by Crippen LogP contribution is 2.36. The quantitative estimate of drug-likeness (QED) is 0.0738. The summed E-state index contributed by atoms with van der Waals surface area (Å²) in [5.41, 5.74) is 23.2. The Hall–Kier alpha value is -5.86. The van der Waals surface area contributed by atoms with Crippen LogP contribution in [0.1, 0.15) is 345 Å². The molecule has 638 valence electrons. The van der Waals surface area contributed by atoms with E-state index in [-0.39, 0.29) is 0 Å². The number of hydrazine groups is 2. The van der Waals surface area contributed by atoms with Gasteiger partial charge in [-0.05, 0) is 237 Å². The number of aromatic nitrogens is 7. The Bertz CT molecular complexity index is 3940. The fourth-order valence-electron chi connectivity index (χ4n) is 17.3. The van der Waals surface area contributed by atoms with Crippen LogP contribution in [0.3, 0.4) is 0 Å². The van der Waals surface area contributed by atoms with Crippen molar-refractivity contribution in [3.8, 4) is 5.88 Å². The summed E-state index contributed by atoms with van der Waals surface area (Å²) in [5, 5.41) is 7.64. The number of pyridine rings is 3. The van der Waals surface area contributed by atoms with Gasteiger partial charge in [0.2, 0.25) is 34.0 Å². The minimum atomic E-state index is 0.432. The average Bonchev–Trinajstić information content (AvgIpc) is 1.61. The first-order valence-corrected chi connectivity index (χ1v) is 46.8. The maximum Gasteiger partial charge on any atom is 0.392 e. The molecule has 2 N–H and O–H groups in total. The first-order valence-electron chi connectivity index (χ1n) is 45.2. The molecule has 12 heterocycles. The van der Waals surface area contributed by atoms with E-state index in [1.54, 1.807) is 38.2 Å². The molecule has 6 aliphatic heterocycles. The van der Waals surface area contributed by atoms with Crippen LogP contribution in [-0.4, -0.2) is 137 Å². The van der Waals surface area contributed by atoms with Gasteiger partial charge in [-0.25, -0.2) is 10.4 Å². The Balaban J connectivity index is 0.000000181. The third-order valence-corrected chi connectivity index (χ3v) is 27.4. The summed E-state index contributed by atoms with van der Waals surface area (Å²) in [7, 11) is 6.76. The molecule has 1 atom stereocenters. The van der Waals surface area contributed by atoms with Gasteiger partial charge in [0.1, 0.15) is 18.0 Å². The van der Waals surface area contributed by atoms with Crippen LogP contribution in [0.2, 0.25) is 0 Å². The van der Waals surface area contributed by atoms with Gasteiger partial charge in [-0.3, -0.25) is 0 Å². The zero-order valence-corrected chi connectivity index (χ0v) is 80.8. The van der Waals surface area contributed by atoms with Crippen molar-refractivity contribution in [2.45, 2.75) is 389 Å². The molecule has 1 unspecified atom stereocenters. The summed E-state index contributed by atoms with van der Waals surface area (Å²) in [6.45, 7) is 78.6. The van der Waals surface area contributed by atoms with Crippen LogP contribution >= 0.6 is 22.9 Å². The summed E-state index contributed by atoms with van der Waals surface area (Å²) < 4.78 is 28.8. The highest BCUT2D eigenvalue weighted by molar-refractivity contribution is 7.11. The normalized spacial score (nSPS) is 16.8. The summed E-state index contributed by atoms with van der Waals surface area (Å²) in [6, 6.07) is 20.5. The number of nitrogens with one attached hydrogen (secondary N) is 2. The van der Waals surface area contributed by atoms with Gasteiger partial charge in [0.05, 0.1) is 61.3 Å². The molecule has 0 radical (unpaired) electrons. The molecule has 1 saturated heterocycles. The molecule has 6 aromatic heterocycles. The number of aryl methyl sites for hydroxylation is 1. The Morgan fingerprint density at radius 1 is 0.526 bits per heavy atom. The second-order valence-electron chi connectivity index (χ2n) is 38.3. The van der Waals surface area contributed by atoms with Crippen molar-refractivity contribution < 1.29 is 45.3 Å². The average molecular weight is 1620 g/mol. The lowest BCUT2D eigenvalue weighted by Gasteiger charge is -2.38. The maximum absolute atomic E-state index is 5.82. The Labute approximate surface area is 704 Å². The van der Waals surface area contributed by atoms with Gasteiger partial charge in [0.15, 0.2) is 103 Å². The summed E-state index contributed by atoms with van der Waals surface area (Å²) in [6.07, 6.45) is 25.9. The molecule has 2 aliphatic carbocycles. The first-order chi connectivity index (χ1) is 53.5. The number of quaternary nitrogens is 1. The number of ether oxygens (including phenoxy) is 1. The van der Waals surface area contributed by atoms with E-state index in [9.17, 15) is 0 Å². The molecule has 1 fully saturated rings. The van der Waals surface area contributed by atoms with Crippen LogP contribution in [0.25, 0.3) is 0 Å². The van der Waals surface area contributed by atoms with Crippen LogP contribution in [0.5, 0.6) is 5.88 Å². The van der Waals surface area contributed by atoms with E-state index in [2.05, 4.69) is 382 Å².